The lowest BCUT2D eigenvalue weighted by molar-refractivity contribution is 0.0502. The van der Waals surface area contributed by atoms with Gasteiger partial charge < -0.3 is 19.7 Å². The lowest BCUT2D eigenvalue weighted by atomic mass is 9.73. The Bertz CT molecular complexity index is 657. The third kappa shape index (κ3) is 5.45. The number of halogens is 2. The molecule has 158 valence electrons. The van der Waals surface area contributed by atoms with Crippen molar-refractivity contribution in [3.8, 4) is 5.75 Å². The number of likely N-dealkylation sites (tertiary alicyclic amines) is 1. The molecule has 0 atom stereocenters. The molecule has 0 unspecified atom stereocenters. The zero-order valence-corrected chi connectivity index (χ0v) is 20.3. The van der Waals surface area contributed by atoms with Crippen LogP contribution in [0, 0.1) is 5.92 Å². The molecule has 0 aliphatic carbocycles. The van der Waals surface area contributed by atoms with E-state index in [2.05, 4.69) is 28.2 Å². The highest BCUT2D eigenvalue weighted by molar-refractivity contribution is 14.0. The summed E-state index contributed by atoms with van der Waals surface area (Å²) in [6, 6.07) is 5.91. The van der Waals surface area contributed by atoms with Crippen LogP contribution >= 0.6 is 35.6 Å². The summed E-state index contributed by atoms with van der Waals surface area (Å²) in [6.07, 6.45) is 4.32. The second-order valence-electron chi connectivity index (χ2n) is 7.81. The van der Waals surface area contributed by atoms with E-state index in [1.807, 2.05) is 19.2 Å². The molecule has 1 aromatic carbocycles. The second-order valence-corrected chi connectivity index (χ2v) is 8.24. The van der Waals surface area contributed by atoms with Crippen molar-refractivity contribution in [2.24, 2.45) is 10.9 Å². The van der Waals surface area contributed by atoms with Gasteiger partial charge in [-0.05, 0) is 49.8 Å². The van der Waals surface area contributed by atoms with Crippen LogP contribution in [0.4, 0.5) is 0 Å². The van der Waals surface area contributed by atoms with Crippen LogP contribution in [0.2, 0.25) is 5.02 Å². The van der Waals surface area contributed by atoms with Gasteiger partial charge in [-0.15, -0.1) is 24.0 Å². The van der Waals surface area contributed by atoms with E-state index in [-0.39, 0.29) is 29.4 Å². The number of piperidine rings is 1. The summed E-state index contributed by atoms with van der Waals surface area (Å²) >= 11 is 6.34. The van der Waals surface area contributed by atoms with Crippen LogP contribution < -0.4 is 10.1 Å². The maximum absolute atomic E-state index is 6.34. The van der Waals surface area contributed by atoms with Crippen LogP contribution in [0.5, 0.6) is 5.75 Å². The molecular formula is C21H33ClIN3O2. The summed E-state index contributed by atoms with van der Waals surface area (Å²) in [5.41, 5.74) is 1.09. The maximum Gasteiger partial charge on any atom is 0.193 e. The van der Waals surface area contributed by atoms with Gasteiger partial charge in [0.15, 0.2) is 5.96 Å². The molecular weight excluding hydrogens is 489 g/mol. The number of methoxy groups -OCH3 is 1. The fourth-order valence-corrected chi connectivity index (χ4v) is 4.37. The molecule has 5 nitrogen and oxygen atoms in total. The third-order valence-electron chi connectivity index (χ3n) is 6.06. The number of nitrogens with one attached hydrogen (secondary N) is 1. The number of aliphatic imine (C=N–C) groups is 1. The number of benzene rings is 1. The molecule has 7 heteroatoms. The molecule has 28 heavy (non-hydrogen) atoms. The van der Waals surface area contributed by atoms with Crippen molar-refractivity contribution in [1.82, 2.24) is 10.2 Å². The second kappa shape index (κ2) is 10.9. The quantitative estimate of drug-likeness (QED) is 0.364. The summed E-state index contributed by atoms with van der Waals surface area (Å²) in [5, 5.41) is 4.40. The van der Waals surface area contributed by atoms with Gasteiger partial charge in [-0.25, -0.2) is 0 Å². The van der Waals surface area contributed by atoms with Crippen LogP contribution in [0.15, 0.2) is 23.2 Å². The number of hydrogen-bond acceptors (Lipinski definition) is 3. The van der Waals surface area contributed by atoms with Crippen molar-refractivity contribution in [3.63, 3.8) is 0 Å². The molecule has 0 aromatic heterocycles. The SMILES string of the molecule is CN=C(NCC1(c2cc(Cl)ccc2OC)CCOCC1)N1CCC(C)CC1.I. The van der Waals surface area contributed by atoms with E-state index in [4.69, 9.17) is 21.1 Å². The predicted molar refractivity (Wildman–Crippen MR) is 126 cm³/mol. The Morgan fingerprint density at radius 2 is 2.00 bits per heavy atom. The number of hydrogen-bond donors (Lipinski definition) is 1. The molecule has 0 amide bonds. The molecule has 3 rings (SSSR count). The summed E-state index contributed by atoms with van der Waals surface area (Å²) in [4.78, 5) is 6.93. The first kappa shape index (κ1) is 23.5. The summed E-state index contributed by atoms with van der Waals surface area (Å²) in [6.45, 7) is 6.75. The molecule has 0 radical (unpaired) electrons. The van der Waals surface area contributed by atoms with Crippen molar-refractivity contribution in [2.75, 3.05) is 47.0 Å². The van der Waals surface area contributed by atoms with E-state index >= 15 is 0 Å². The number of ether oxygens (including phenoxy) is 2. The summed E-state index contributed by atoms with van der Waals surface area (Å²) in [7, 11) is 3.60. The van der Waals surface area contributed by atoms with Crippen molar-refractivity contribution in [3.05, 3.63) is 28.8 Å². The van der Waals surface area contributed by atoms with Crippen LogP contribution in [-0.4, -0.2) is 57.9 Å². The summed E-state index contributed by atoms with van der Waals surface area (Å²) in [5.74, 6) is 2.69. The normalized spacial score (nSPS) is 20.4. The molecule has 0 spiro atoms. The smallest absolute Gasteiger partial charge is 0.193 e. The largest absolute Gasteiger partial charge is 0.496 e. The zero-order chi connectivity index (χ0) is 19.3. The Morgan fingerprint density at radius 1 is 1.32 bits per heavy atom. The molecule has 1 aromatic rings. The highest BCUT2D eigenvalue weighted by Gasteiger charge is 2.37. The van der Waals surface area contributed by atoms with Crippen LogP contribution in [-0.2, 0) is 10.2 Å². The number of nitrogens with zero attached hydrogens (tertiary/aromatic N) is 2. The minimum absolute atomic E-state index is 0. The van der Waals surface area contributed by atoms with Gasteiger partial charge in [0.2, 0.25) is 0 Å². The molecule has 2 fully saturated rings. The number of guanidine groups is 1. The third-order valence-corrected chi connectivity index (χ3v) is 6.30. The fourth-order valence-electron chi connectivity index (χ4n) is 4.20. The molecule has 0 bridgehead atoms. The van der Waals surface area contributed by atoms with Crippen molar-refractivity contribution in [1.29, 1.82) is 0 Å². The maximum atomic E-state index is 6.34. The van der Waals surface area contributed by atoms with Crippen molar-refractivity contribution < 1.29 is 9.47 Å². The molecule has 2 heterocycles. The topological polar surface area (TPSA) is 46.1 Å². The lowest BCUT2D eigenvalue weighted by Crippen LogP contribution is -2.51. The minimum atomic E-state index is -0.0759. The molecule has 0 saturated carbocycles. The van der Waals surface area contributed by atoms with Crippen molar-refractivity contribution >= 4 is 41.5 Å². The average Bonchev–Trinajstić information content (AvgIpc) is 2.70. The van der Waals surface area contributed by atoms with E-state index < -0.39 is 0 Å². The van der Waals surface area contributed by atoms with Gasteiger partial charge in [-0.3, -0.25) is 4.99 Å². The molecule has 2 aliphatic rings. The number of rotatable bonds is 4. The van der Waals surface area contributed by atoms with Crippen LogP contribution in [0.3, 0.4) is 0 Å². The first-order chi connectivity index (χ1) is 13.1. The highest BCUT2D eigenvalue weighted by atomic mass is 127. The van der Waals surface area contributed by atoms with E-state index in [9.17, 15) is 0 Å². The standard InChI is InChI=1S/C21H32ClN3O2.HI/c1-16-6-10-25(11-7-16)20(23-2)24-15-21(8-12-27-13-9-21)18-14-17(22)4-5-19(18)26-3;/h4-5,14,16H,6-13,15H2,1-3H3,(H,23,24);1H. The van der Waals surface area contributed by atoms with Gasteiger partial charge in [-0.2, -0.15) is 0 Å². The van der Waals surface area contributed by atoms with Crippen molar-refractivity contribution in [2.45, 2.75) is 38.0 Å². The van der Waals surface area contributed by atoms with Crippen LogP contribution in [0.25, 0.3) is 0 Å². The van der Waals surface area contributed by atoms with Gasteiger partial charge >= 0.3 is 0 Å². The Morgan fingerprint density at radius 3 is 2.61 bits per heavy atom. The van der Waals surface area contributed by atoms with E-state index in [0.717, 1.165) is 73.9 Å². The van der Waals surface area contributed by atoms with E-state index in [0.29, 0.717) is 0 Å². The lowest BCUT2D eigenvalue weighted by Gasteiger charge is -2.40. The van der Waals surface area contributed by atoms with Gasteiger partial charge in [-0.1, -0.05) is 18.5 Å². The van der Waals surface area contributed by atoms with Crippen LogP contribution in [0.1, 0.15) is 38.2 Å². The predicted octanol–water partition coefficient (Wildman–Crippen LogP) is 4.32. The van der Waals surface area contributed by atoms with Gasteiger partial charge in [0.05, 0.1) is 7.11 Å². The van der Waals surface area contributed by atoms with Gasteiger partial charge in [0.1, 0.15) is 5.75 Å². The van der Waals surface area contributed by atoms with Gasteiger partial charge in [0, 0.05) is 55.9 Å². The average molecular weight is 522 g/mol. The first-order valence-electron chi connectivity index (χ1n) is 9.95. The molecule has 2 saturated heterocycles. The Labute approximate surface area is 191 Å². The Balaban J connectivity index is 0.00000280. The minimum Gasteiger partial charge on any atom is -0.496 e. The van der Waals surface area contributed by atoms with E-state index in [1.165, 1.54) is 12.8 Å². The highest BCUT2D eigenvalue weighted by Crippen LogP contribution is 2.40. The Hall–Kier alpha value is -0.730. The summed E-state index contributed by atoms with van der Waals surface area (Å²) < 4.78 is 11.3. The van der Waals surface area contributed by atoms with E-state index in [1.54, 1.807) is 7.11 Å². The first-order valence-corrected chi connectivity index (χ1v) is 10.3. The zero-order valence-electron chi connectivity index (χ0n) is 17.2. The molecule has 1 N–H and O–H groups in total. The Kier molecular flexibility index (Phi) is 9.15. The monoisotopic (exact) mass is 521 g/mol. The molecule has 2 aliphatic heterocycles. The fraction of sp³-hybridized carbons (Fsp3) is 0.667. The van der Waals surface area contributed by atoms with Gasteiger partial charge in [0.25, 0.3) is 0 Å².